The van der Waals surface area contributed by atoms with E-state index in [-0.39, 0.29) is 30.6 Å². The zero-order valence-corrected chi connectivity index (χ0v) is 33.5. The minimum absolute atomic E-state index is 0.00261. The molecular weight excluding hydrogens is 704 g/mol. The van der Waals surface area contributed by atoms with Crippen LogP contribution in [-0.2, 0) is 42.7 Å². The number of hydrogen-bond donors (Lipinski definition) is 5. The van der Waals surface area contributed by atoms with Crippen LogP contribution in [0.2, 0.25) is 0 Å². The second kappa shape index (κ2) is 15.5. The lowest BCUT2D eigenvalue weighted by molar-refractivity contribution is -0.353. The van der Waals surface area contributed by atoms with Crippen LogP contribution in [0.5, 0.6) is 0 Å². The van der Waals surface area contributed by atoms with Gasteiger partial charge in [0.15, 0.2) is 12.6 Å². The number of Topliss-reactive ketones (excluding diaryl/α,β-unsaturated/α-hetero) is 1. The Morgan fingerprint density at radius 3 is 2.19 bits per heavy atom. The van der Waals surface area contributed by atoms with Crippen LogP contribution < -0.4 is 0 Å². The molecule has 20 atom stereocenters. The molecule has 2 aliphatic heterocycles. The summed E-state index contributed by atoms with van der Waals surface area (Å²) >= 11 is 0. The number of hydrogen-bond acceptors (Lipinski definition) is 14. The number of carbonyl (C=O) groups excluding carboxylic acids is 2. The van der Waals surface area contributed by atoms with Crippen molar-refractivity contribution in [3.8, 4) is 0 Å². The van der Waals surface area contributed by atoms with Crippen LogP contribution in [0.15, 0.2) is 0 Å². The topological polar surface area (TPSA) is 200 Å². The van der Waals surface area contributed by atoms with Crippen molar-refractivity contribution in [3.05, 3.63) is 0 Å². The molecule has 0 aromatic carbocycles. The van der Waals surface area contributed by atoms with Gasteiger partial charge in [0.2, 0.25) is 0 Å². The van der Waals surface area contributed by atoms with Crippen LogP contribution in [0, 0.1) is 34.5 Å². The summed E-state index contributed by atoms with van der Waals surface area (Å²) in [7, 11) is 3.00. The Morgan fingerprint density at radius 2 is 1.56 bits per heavy atom. The number of fused-ring (bicyclic) bond motifs is 5. The van der Waals surface area contributed by atoms with Crippen LogP contribution in [0.1, 0.15) is 106 Å². The third kappa shape index (κ3) is 6.51. The summed E-state index contributed by atoms with van der Waals surface area (Å²) in [5.74, 6) is -2.53. The van der Waals surface area contributed by atoms with E-state index in [0.29, 0.717) is 44.9 Å². The molecule has 0 aromatic heterocycles. The molecule has 0 aromatic rings. The highest BCUT2D eigenvalue weighted by atomic mass is 16.7. The third-order valence-corrected chi connectivity index (χ3v) is 15.3. The highest BCUT2D eigenvalue weighted by molar-refractivity contribution is 5.80. The van der Waals surface area contributed by atoms with E-state index in [2.05, 4.69) is 6.92 Å². The lowest BCUT2D eigenvalue weighted by Gasteiger charge is -2.69. The van der Waals surface area contributed by atoms with Crippen molar-refractivity contribution < 1.29 is 68.3 Å². The first-order chi connectivity index (χ1) is 25.3. The molecule has 4 aliphatic carbocycles. The van der Waals surface area contributed by atoms with E-state index in [9.17, 15) is 35.1 Å². The molecule has 5 N–H and O–H groups in total. The smallest absolute Gasteiger partial charge is 0.309 e. The Morgan fingerprint density at radius 1 is 0.852 bits per heavy atom. The highest BCUT2D eigenvalue weighted by Crippen LogP contribution is 2.71. The normalized spacial score (nSPS) is 52.4. The van der Waals surface area contributed by atoms with Crippen molar-refractivity contribution in [1.29, 1.82) is 0 Å². The summed E-state index contributed by atoms with van der Waals surface area (Å²) in [5.41, 5.74) is -5.52. The van der Waals surface area contributed by atoms with Crippen molar-refractivity contribution in [3.63, 3.8) is 0 Å². The van der Waals surface area contributed by atoms with E-state index >= 15 is 0 Å². The van der Waals surface area contributed by atoms with Crippen LogP contribution in [0.4, 0.5) is 0 Å². The Bertz CT molecular complexity index is 1370. The molecule has 310 valence electrons. The molecule has 0 amide bonds. The number of carbonyl (C=O) groups is 2. The molecule has 0 spiro atoms. The Balaban J connectivity index is 1.19. The Kier molecular flexibility index (Phi) is 12.1. The SMILES string of the molecule is CCC(C)C(=O)O[C@@H]1[C@@H](O)[C@]2(C)[C@@H](C(C)=O)CC[C@]2(O)[C@]2(O)CC[C@H]3C[C@@H](O[C@H]4C[C@@H](OC)[C@H](O[C@@H]5O[C@H](C)[C@@H](O)[C@@H](OC)[C@H]5O)[C@@H](C)O4)CC[C@]3(C)[C@@H]12. The first kappa shape index (κ1) is 42.3. The van der Waals surface area contributed by atoms with Gasteiger partial charge in [-0.3, -0.25) is 9.59 Å². The number of methoxy groups -OCH3 is 2. The van der Waals surface area contributed by atoms with Gasteiger partial charge in [-0.15, -0.1) is 0 Å². The summed E-state index contributed by atoms with van der Waals surface area (Å²) in [6, 6.07) is 0. The molecule has 14 nitrogen and oxygen atoms in total. The molecule has 0 radical (unpaired) electrons. The van der Waals surface area contributed by atoms with E-state index in [1.807, 2.05) is 13.8 Å². The summed E-state index contributed by atoms with van der Waals surface area (Å²) in [5, 5.41) is 59.1. The molecular formula is C40H66O14. The van der Waals surface area contributed by atoms with Crippen molar-refractivity contribution in [1.82, 2.24) is 0 Å². The van der Waals surface area contributed by atoms with Crippen molar-refractivity contribution in [2.45, 2.75) is 191 Å². The zero-order valence-electron chi connectivity index (χ0n) is 33.5. The number of aliphatic hydroxyl groups is 5. The monoisotopic (exact) mass is 770 g/mol. The van der Waals surface area contributed by atoms with Gasteiger partial charge in [-0.2, -0.15) is 0 Å². The second-order valence-electron chi connectivity index (χ2n) is 17.9. The quantitative estimate of drug-likeness (QED) is 0.160. The Hall–Kier alpha value is -1.30. The summed E-state index contributed by atoms with van der Waals surface area (Å²) in [4.78, 5) is 26.4. The average molecular weight is 771 g/mol. The number of ketones is 1. The van der Waals surface area contributed by atoms with Gasteiger partial charge in [-0.1, -0.05) is 27.7 Å². The molecule has 54 heavy (non-hydrogen) atoms. The maximum absolute atomic E-state index is 13.4. The van der Waals surface area contributed by atoms with Gasteiger partial charge in [0.05, 0.1) is 30.3 Å². The molecule has 4 saturated carbocycles. The molecule has 14 heteroatoms. The number of ether oxygens (including phenoxy) is 7. The summed E-state index contributed by atoms with van der Waals surface area (Å²) in [6.07, 6.45) is -5.72. The van der Waals surface area contributed by atoms with Gasteiger partial charge in [0.25, 0.3) is 0 Å². The predicted octanol–water partition coefficient (Wildman–Crippen LogP) is 2.40. The van der Waals surface area contributed by atoms with Crippen LogP contribution in [-0.4, -0.2) is 136 Å². The minimum atomic E-state index is -1.76. The summed E-state index contributed by atoms with van der Waals surface area (Å²) < 4.78 is 42.5. The van der Waals surface area contributed by atoms with Crippen LogP contribution >= 0.6 is 0 Å². The third-order valence-electron chi connectivity index (χ3n) is 15.3. The predicted molar refractivity (Wildman–Crippen MR) is 192 cm³/mol. The van der Waals surface area contributed by atoms with Crippen molar-refractivity contribution >= 4 is 11.8 Å². The largest absolute Gasteiger partial charge is 0.459 e. The van der Waals surface area contributed by atoms with Gasteiger partial charge in [0, 0.05) is 37.9 Å². The summed E-state index contributed by atoms with van der Waals surface area (Å²) in [6.45, 7) is 12.4. The van der Waals surface area contributed by atoms with Gasteiger partial charge in [-0.25, -0.2) is 0 Å². The average Bonchev–Trinajstić information content (AvgIpc) is 3.42. The molecule has 6 fully saturated rings. The molecule has 2 saturated heterocycles. The number of esters is 1. The van der Waals surface area contributed by atoms with Crippen LogP contribution in [0.3, 0.4) is 0 Å². The van der Waals surface area contributed by atoms with E-state index in [1.165, 1.54) is 14.0 Å². The molecule has 6 aliphatic rings. The minimum Gasteiger partial charge on any atom is -0.459 e. The first-order valence-corrected chi connectivity index (χ1v) is 20.2. The first-order valence-electron chi connectivity index (χ1n) is 20.2. The molecule has 0 bridgehead atoms. The molecule has 6 rings (SSSR count). The standard InChI is InChI=1S/C40H66O14/c1-10-19(2)35(45)53-32-33-37(6)14-12-24(17-23(37)11-15-39(33,46)40(47)16-13-25(20(3)41)38(40,7)34(32)44)52-27-18-26(48-8)30(22(5)50-27)54-36-29(43)31(49-9)28(42)21(4)51-36/h19,21-34,36,42-44,46-47H,10-18H2,1-9H3/t19?,21-,22-,23+,24+,25-,26-,27+,28-,29-,30-,31-,32+,33-,34-,36+,37+,38+,39+,40-/m1/s1. The van der Waals surface area contributed by atoms with E-state index in [1.54, 1.807) is 27.9 Å². The molecule has 2 heterocycles. The van der Waals surface area contributed by atoms with Crippen LogP contribution in [0.25, 0.3) is 0 Å². The van der Waals surface area contributed by atoms with Crippen molar-refractivity contribution in [2.75, 3.05) is 14.2 Å². The second-order valence-corrected chi connectivity index (χ2v) is 17.9. The fraction of sp³-hybridized carbons (Fsp3) is 0.950. The van der Waals surface area contributed by atoms with E-state index in [0.717, 1.165) is 0 Å². The van der Waals surface area contributed by atoms with Gasteiger partial charge < -0.3 is 58.7 Å². The number of aliphatic hydroxyl groups excluding tert-OH is 3. The maximum Gasteiger partial charge on any atom is 0.309 e. The van der Waals surface area contributed by atoms with Gasteiger partial charge in [0.1, 0.15) is 53.6 Å². The fourth-order valence-electron chi connectivity index (χ4n) is 11.9. The van der Waals surface area contributed by atoms with Gasteiger partial charge >= 0.3 is 5.97 Å². The van der Waals surface area contributed by atoms with E-state index in [4.69, 9.17) is 33.2 Å². The number of rotatable bonds is 10. The van der Waals surface area contributed by atoms with E-state index < -0.39 is 113 Å². The maximum atomic E-state index is 13.4. The highest BCUT2D eigenvalue weighted by Gasteiger charge is 2.80. The lowest BCUT2D eigenvalue weighted by atomic mass is 9.40. The van der Waals surface area contributed by atoms with Crippen molar-refractivity contribution in [2.24, 2.45) is 34.5 Å². The van der Waals surface area contributed by atoms with Gasteiger partial charge in [-0.05, 0) is 83.5 Å². The Labute approximate surface area is 319 Å². The molecule has 1 unspecified atom stereocenters. The lowest BCUT2D eigenvalue weighted by Crippen LogP contribution is -2.81. The fourth-order valence-corrected chi connectivity index (χ4v) is 11.9. The zero-order chi connectivity index (χ0) is 39.7.